The van der Waals surface area contributed by atoms with Crippen LogP contribution in [0.15, 0.2) is 36.7 Å². The van der Waals surface area contributed by atoms with Crippen molar-refractivity contribution < 1.29 is 0 Å². The summed E-state index contributed by atoms with van der Waals surface area (Å²) in [6.45, 7) is 2.79. The van der Waals surface area contributed by atoms with Gasteiger partial charge >= 0.3 is 0 Å². The van der Waals surface area contributed by atoms with Gasteiger partial charge in [0.15, 0.2) is 0 Å². The quantitative estimate of drug-likeness (QED) is 0.618. The van der Waals surface area contributed by atoms with Gasteiger partial charge in [-0.05, 0) is 5.56 Å². The lowest BCUT2D eigenvalue weighted by atomic mass is 10.1. The van der Waals surface area contributed by atoms with E-state index in [9.17, 15) is 0 Å². The molecule has 0 aliphatic carbocycles. The average molecular weight is 228 g/mol. The number of nitrogen functional groups attached to an aromatic ring is 1. The van der Waals surface area contributed by atoms with Crippen molar-refractivity contribution in [2.75, 3.05) is 0 Å². The second-order valence-corrected chi connectivity index (χ2v) is 3.90. The van der Waals surface area contributed by atoms with Crippen molar-refractivity contribution in [2.24, 2.45) is 5.73 Å². The molecule has 17 heavy (non-hydrogen) atoms. The molecule has 1 aromatic heterocycles. The first-order valence-corrected chi connectivity index (χ1v) is 5.64. The number of amidine groups is 1. The van der Waals surface area contributed by atoms with Crippen LogP contribution in [0.25, 0.3) is 0 Å². The van der Waals surface area contributed by atoms with E-state index in [2.05, 4.69) is 16.5 Å². The van der Waals surface area contributed by atoms with Gasteiger partial charge in [-0.25, -0.2) is 4.98 Å². The van der Waals surface area contributed by atoms with Gasteiger partial charge in [0.2, 0.25) is 0 Å². The third kappa shape index (κ3) is 2.36. The summed E-state index contributed by atoms with van der Waals surface area (Å²) in [4.78, 5) is 4.28. The molecule has 0 atom stereocenters. The molecule has 4 heteroatoms. The van der Waals surface area contributed by atoms with Crippen LogP contribution in [-0.4, -0.2) is 15.4 Å². The van der Waals surface area contributed by atoms with Gasteiger partial charge in [0.25, 0.3) is 0 Å². The summed E-state index contributed by atoms with van der Waals surface area (Å²) in [6, 6.07) is 7.73. The van der Waals surface area contributed by atoms with Crippen LogP contribution in [0.2, 0.25) is 0 Å². The lowest BCUT2D eigenvalue weighted by molar-refractivity contribution is 0.731. The van der Waals surface area contributed by atoms with Crippen molar-refractivity contribution >= 4 is 5.84 Å². The lowest BCUT2D eigenvalue weighted by Gasteiger charge is -2.10. The van der Waals surface area contributed by atoms with Crippen LogP contribution in [0.5, 0.6) is 0 Å². The lowest BCUT2D eigenvalue weighted by Crippen LogP contribution is -2.15. The summed E-state index contributed by atoms with van der Waals surface area (Å²) in [5, 5.41) is 7.56. The summed E-state index contributed by atoms with van der Waals surface area (Å²) in [5.41, 5.74) is 7.42. The Labute approximate surface area is 101 Å². The first kappa shape index (κ1) is 11.4. The van der Waals surface area contributed by atoms with E-state index in [-0.39, 0.29) is 5.84 Å². The Morgan fingerprint density at radius 1 is 1.41 bits per heavy atom. The number of nitrogens with one attached hydrogen (secondary N) is 1. The van der Waals surface area contributed by atoms with Crippen LogP contribution in [0.3, 0.4) is 0 Å². The van der Waals surface area contributed by atoms with Crippen LogP contribution in [-0.2, 0) is 13.0 Å². The van der Waals surface area contributed by atoms with Crippen molar-refractivity contribution in [3.8, 4) is 0 Å². The molecular weight excluding hydrogens is 212 g/mol. The van der Waals surface area contributed by atoms with Crippen LogP contribution >= 0.6 is 0 Å². The Kier molecular flexibility index (Phi) is 3.23. The highest BCUT2D eigenvalue weighted by molar-refractivity contribution is 5.96. The normalized spacial score (nSPS) is 10.4. The fourth-order valence-electron chi connectivity index (χ4n) is 1.90. The predicted octanol–water partition coefficient (Wildman–Crippen LogP) is 1.78. The maximum Gasteiger partial charge on any atom is 0.123 e. The highest BCUT2D eigenvalue weighted by Gasteiger charge is 2.07. The number of rotatable bonds is 4. The number of imidazole rings is 1. The molecule has 0 unspecified atom stereocenters. The summed E-state index contributed by atoms with van der Waals surface area (Å²) in [7, 11) is 0. The number of nitrogens with zero attached hydrogens (tertiary/aromatic N) is 2. The molecule has 0 aliphatic heterocycles. The van der Waals surface area contributed by atoms with Crippen LogP contribution < -0.4 is 5.73 Å². The average Bonchev–Trinajstić information content (AvgIpc) is 2.77. The van der Waals surface area contributed by atoms with Crippen molar-refractivity contribution in [3.05, 3.63) is 53.6 Å². The van der Waals surface area contributed by atoms with Gasteiger partial charge in [0, 0.05) is 30.9 Å². The fraction of sp³-hybridized carbons (Fsp3) is 0.231. The molecule has 88 valence electrons. The zero-order chi connectivity index (χ0) is 12.3. The van der Waals surface area contributed by atoms with Gasteiger partial charge < -0.3 is 10.3 Å². The second-order valence-electron chi connectivity index (χ2n) is 3.90. The summed E-state index contributed by atoms with van der Waals surface area (Å²) in [5.74, 6) is 1.15. The Morgan fingerprint density at radius 2 is 2.18 bits per heavy atom. The molecule has 0 fully saturated rings. The monoisotopic (exact) mass is 228 g/mol. The largest absolute Gasteiger partial charge is 0.384 e. The third-order valence-electron chi connectivity index (χ3n) is 2.77. The Bertz CT molecular complexity index is 528. The first-order chi connectivity index (χ1) is 8.22. The van der Waals surface area contributed by atoms with Gasteiger partial charge in [-0.2, -0.15) is 0 Å². The van der Waals surface area contributed by atoms with E-state index in [4.69, 9.17) is 11.1 Å². The van der Waals surface area contributed by atoms with Gasteiger partial charge in [0.05, 0.1) is 0 Å². The molecule has 3 N–H and O–H groups in total. The van der Waals surface area contributed by atoms with E-state index in [0.29, 0.717) is 6.54 Å². The molecule has 2 aromatic rings. The Morgan fingerprint density at radius 3 is 2.88 bits per heavy atom. The molecule has 0 bridgehead atoms. The number of benzene rings is 1. The summed E-state index contributed by atoms with van der Waals surface area (Å²) < 4.78 is 2.09. The number of aryl methyl sites for hydroxylation is 1. The highest BCUT2D eigenvalue weighted by atomic mass is 15.1. The minimum absolute atomic E-state index is 0.110. The van der Waals surface area contributed by atoms with Gasteiger partial charge in [-0.3, -0.25) is 5.41 Å². The van der Waals surface area contributed by atoms with E-state index < -0.39 is 0 Å². The molecule has 1 aromatic carbocycles. The van der Waals surface area contributed by atoms with Gasteiger partial charge in [-0.15, -0.1) is 0 Å². The molecule has 0 saturated carbocycles. The van der Waals surface area contributed by atoms with Crippen molar-refractivity contribution in [2.45, 2.75) is 19.9 Å². The van der Waals surface area contributed by atoms with Crippen LogP contribution in [0.4, 0.5) is 0 Å². The van der Waals surface area contributed by atoms with E-state index in [1.54, 1.807) is 6.20 Å². The first-order valence-electron chi connectivity index (χ1n) is 5.64. The molecule has 4 nitrogen and oxygen atoms in total. The summed E-state index contributed by atoms with van der Waals surface area (Å²) in [6.07, 6.45) is 4.65. The minimum Gasteiger partial charge on any atom is -0.384 e. The smallest absolute Gasteiger partial charge is 0.123 e. The Balaban J connectivity index is 2.33. The molecular formula is C13H16N4. The molecule has 0 saturated heterocycles. The van der Waals surface area contributed by atoms with Crippen LogP contribution in [0.1, 0.15) is 23.9 Å². The van der Waals surface area contributed by atoms with Gasteiger partial charge in [-0.1, -0.05) is 31.2 Å². The standard InChI is InChI=1S/C13H16N4/c1-2-12-16-7-8-17(12)9-10-5-3-4-6-11(10)13(14)15/h3-8H,2,9H2,1H3,(H3,14,15). The zero-order valence-electron chi connectivity index (χ0n) is 9.85. The maximum atomic E-state index is 7.56. The van der Waals surface area contributed by atoms with E-state index in [1.165, 1.54) is 0 Å². The SMILES string of the molecule is CCc1nccn1Cc1ccccc1C(=N)N. The van der Waals surface area contributed by atoms with E-state index in [0.717, 1.165) is 23.4 Å². The van der Waals surface area contributed by atoms with E-state index in [1.807, 2.05) is 30.5 Å². The predicted molar refractivity (Wildman–Crippen MR) is 68.2 cm³/mol. The molecule has 0 amide bonds. The number of hydrogen-bond donors (Lipinski definition) is 2. The van der Waals surface area contributed by atoms with Crippen molar-refractivity contribution in [3.63, 3.8) is 0 Å². The van der Waals surface area contributed by atoms with Gasteiger partial charge in [0.1, 0.15) is 11.7 Å². The van der Waals surface area contributed by atoms with E-state index >= 15 is 0 Å². The molecule has 0 spiro atoms. The molecule has 0 aliphatic rings. The number of aromatic nitrogens is 2. The number of nitrogens with two attached hydrogens (primary N) is 1. The Hall–Kier alpha value is -2.10. The molecule has 0 radical (unpaired) electrons. The number of hydrogen-bond acceptors (Lipinski definition) is 2. The van der Waals surface area contributed by atoms with Crippen LogP contribution in [0, 0.1) is 5.41 Å². The minimum atomic E-state index is 0.110. The molecule has 2 rings (SSSR count). The zero-order valence-corrected chi connectivity index (χ0v) is 9.85. The van der Waals surface area contributed by atoms with Crippen molar-refractivity contribution in [1.29, 1.82) is 5.41 Å². The topological polar surface area (TPSA) is 67.7 Å². The fourth-order valence-corrected chi connectivity index (χ4v) is 1.90. The van der Waals surface area contributed by atoms with Crippen molar-refractivity contribution in [1.82, 2.24) is 9.55 Å². The highest BCUT2D eigenvalue weighted by Crippen LogP contribution is 2.11. The third-order valence-corrected chi connectivity index (χ3v) is 2.77. The summed E-state index contributed by atoms with van der Waals surface area (Å²) >= 11 is 0. The molecule has 1 heterocycles. The second kappa shape index (κ2) is 4.82. The maximum absolute atomic E-state index is 7.56.